The average Bonchev–Trinajstić information content (AvgIpc) is 1.86. The van der Waals surface area contributed by atoms with Gasteiger partial charge in [0.15, 0.2) is 0 Å². The molecule has 0 aliphatic carbocycles. The molecule has 4 heteroatoms. The summed E-state index contributed by atoms with van der Waals surface area (Å²) in [4.78, 5) is 0. The Balaban J connectivity index is 2.38. The molecule has 1 heterocycles. The van der Waals surface area contributed by atoms with Crippen molar-refractivity contribution < 1.29 is 0 Å². The Morgan fingerprint density at radius 1 is 1.83 bits per heavy atom. The van der Waals surface area contributed by atoms with Gasteiger partial charge in [-0.2, -0.15) is 10.5 Å². The van der Waals surface area contributed by atoms with Crippen molar-refractivity contribution in [2.45, 2.75) is 6.17 Å². The summed E-state index contributed by atoms with van der Waals surface area (Å²) in [5.41, 5.74) is 10.3. The Bertz CT molecular complexity index is 67.9. The number of hydrazine groups is 1. The van der Waals surface area contributed by atoms with Gasteiger partial charge in [-0.1, -0.05) is 0 Å². The van der Waals surface area contributed by atoms with Crippen LogP contribution in [-0.2, 0) is 0 Å². The first-order chi connectivity index (χ1) is 2.89. The molecule has 1 rings (SSSR count). The summed E-state index contributed by atoms with van der Waals surface area (Å²) < 4.78 is 0. The van der Waals surface area contributed by atoms with E-state index in [2.05, 4.69) is 16.1 Å². The fourth-order valence-electron chi connectivity index (χ4n) is 0.267. The second kappa shape index (κ2) is 1.24. The first-order valence-electron chi connectivity index (χ1n) is 1.69. The third-order valence-electron chi connectivity index (χ3n) is 0.531. The summed E-state index contributed by atoms with van der Waals surface area (Å²) in [7, 11) is 0. The smallest absolute Gasteiger partial charge is 0.112 e. The molecule has 4 nitrogen and oxygen atoms in total. The summed E-state index contributed by atoms with van der Waals surface area (Å²) in [6.45, 7) is 0. The molecule has 0 aromatic carbocycles. The van der Waals surface area contributed by atoms with E-state index in [9.17, 15) is 0 Å². The summed E-state index contributed by atoms with van der Waals surface area (Å²) >= 11 is 0. The number of hydrogen-bond donors (Lipinski definition) is 3. The first-order valence-corrected chi connectivity index (χ1v) is 1.69. The highest BCUT2D eigenvalue weighted by atomic mass is 15.6. The number of hydrazone groups is 1. The van der Waals surface area contributed by atoms with E-state index in [0.717, 1.165) is 0 Å². The molecule has 0 spiro atoms. The lowest BCUT2D eigenvalue weighted by atomic mass is 10.6. The maximum Gasteiger partial charge on any atom is 0.112 e. The second-order valence-corrected chi connectivity index (χ2v) is 1.06. The van der Waals surface area contributed by atoms with Crippen molar-refractivity contribution in [1.29, 1.82) is 0 Å². The van der Waals surface area contributed by atoms with E-state index in [1.165, 1.54) is 0 Å². The van der Waals surface area contributed by atoms with E-state index in [1.54, 1.807) is 6.21 Å². The van der Waals surface area contributed by atoms with Gasteiger partial charge in [0.1, 0.15) is 6.17 Å². The molecule has 0 fully saturated rings. The van der Waals surface area contributed by atoms with Crippen LogP contribution < -0.4 is 16.7 Å². The Kier molecular flexibility index (Phi) is 0.736. The summed E-state index contributed by atoms with van der Waals surface area (Å²) in [6, 6.07) is 0. The van der Waals surface area contributed by atoms with Crippen molar-refractivity contribution in [3.63, 3.8) is 0 Å². The lowest BCUT2D eigenvalue weighted by molar-refractivity contribution is 0.572. The quantitative estimate of drug-likeness (QED) is 0.331. The Morgan fingerprint density at radius 3 is 2.83 bits per heavy atom. The van der Waals surface area contributed by atoms with Gasteiger partial charge < -0.3 is 5.73 Å². The molecule has 1 aliphatic heterocycles. The highest BCUT2D eigenvalue weighted by Crippen LogP contribution is 1.67. The van der Waals surface area contributed by atoms with Crippen LogP contribution in [0.15, 0.2) is 5.10 Å². The van der Waals surface area contributed by atoms with Gasteiger partial charge in [-0.05, 0) is 0 Å². The van der Waals surface area contributed by atoms with Gasteiger partial charge in [-0.15, -0.1) is 0 Å². The SMILES string of the molecule is NC1C=NNN1. The van der Waals surface area contributed by atoms with Crippen molar-refractivity contribution in [2.24, 2.45) is 10.8 Å². The van der Waals surface area contributed by atoms with E-state index in [0.29, 0.717) is 0 Å². The number of rotatable bonds is 0. The van der Waals surface area contributed by atoms with E-state index in [-0.39, 0.29) is 6.17 Å². The van der Waals surface area contributed by atoms with Crippen molar-refractivity contribution >= 4 is 6.21 Å². The normalized spacial score (nSPS) is 30.5. The van der Waals surface area contributed by atoms with Crippen molar-refractivity contribution in [3.05, 3.63) is 0 Å². The number of nitrogens with zero attached hydrogens (tertiary/aromatic N) is 1. The van der Waals surface area contributed by atoms with Gasteiger partial charge in [0.25, 0.3) is 0 Å². The van der Waals surface area contributed by atoms with E-state index >= 15 is 0 Å². The maximum atomic E-state index is 5.21. The lowest BCUT2D eigenvalue weighted by Crippen LogP contribution is -2.38. The monoisotopic (exact) mass is 86.1 g/mol. The molecular weight excluding hydrogens is 80.0 g/mol. The third kappa shape index (κ3) is 0.474. The lowest BCUT2D eigenvalue weighted by Gasteiger charge is -1.93. The molecular formula is C2H6N4. The molecule has 6 heavy (non-hydrogen) atoms. The number of nitrogens with one attached hydrogen (secondary N) is 2. The van der Waals surface area contributed by atoms with Gasteiger partial charge in [-0.3, -0.25) is 0 Å². The second-order valence-electron chi connectivity index (χ2n) is 1.06. The molecule has 0 amide bonds. The van der Waals surface area contributed by atoms with Crippen molar-refractivity contribution in [2.75, 3.05) is 0 Å². The molecule has 1 atom stereocenters. The molecule has 0 radical (unpaired) electrons. The standard InChI is InChI=1S/C2H6N4/c3-2-1-4-6-5-2/h1-2,5-6H,3H2. The fraction of sp³-hybridized carbons (Fsp3) is 0.500. The molecule has 0 saturated heterocycles. The van der Waals surface area contributed by atoms with Crippen LogP contribution in [0.3, 0.4) is 0 Å². The predicted molar refractivity (Wildman–Crippen MR) is 22.7 cm³/mol. The van der Waals surface area contributed by atoms with Gasteiger partial charge in [-0.25, -0.2) is 5.53 Å². The highest BCUT2D eigenvalue weighted by molar-refractivity contribution is 5.64. The van der Waals surface area contributed by atoms with Crippen molar-refractivity contribution in [1.82, 2.24) is 11.0 Å². The van der Waals surface area contributed by atoms with Gasteiger partial charge in [0.2, 0.25) is 0 Å². The topological polar surface area (TPSA) is 62.4 Å². The van der Waals surface area contributed by atoms with Gasteiger partial charge in [0, 0.05) is 0 Å². The van der Waals surface area contributed by atoms with E-state index in [4.69, 9.17) is 5.73 Å². The van der Waals surface area contributed by atoms with Crippen LogP contribution in [0.5, 0.6) is 0 Å². The van der Waals surface area contributed by atoms with Crippen LogP contribution >= 0.6 is 0 Å². The minimum atomic E-state index is -0.106. The van der Waals surface area contributed by atoms with Gasteiger partial charge >= 0.3 is 0 Å². The van der Waals surface area contributed by atoms with Crippen LogP contribution in [-0.4, -0.2) is 12.4 Å². The van der Waals surface area contributed by atoms with Crippen molar-refractivity contribution in [3.8, 4) is 0 Å². The van der Waals surface area contributed by atoms with Crippen LogP contribution in [0.1, 0.15) is 0 Å². The molecule has 0 aromatic rings. The molecule has 34 valence electrons. The van der Waals surface area contributed by atoms with Crippen LogP contribution in [0.4, 0.5) is 0 Å². The van der Waals surface area contributed by atoms with E-state index < -0.39 is 0 Å². The molecule has 0 bridgehead atoms. The average molecular weight is 86.1 g/mol. The zero-order chi connectivity index (χ0) is 4.41. The third-order valence-corrected chi connectivity index (χ3v) is 0.531. The minimum Gasteiger partial charge on any atom is -0.310 e. The van der Waals surface area contributed by atoms with Gasteiger partial charge in [0.05, 0.1) is 6.21 Å². The largest absolute Gasteiger partial charge is 0.310 e. The van der Waals surface area contributed by atoms with Crippen LogP contribution in [0, 0.1) is 0 Å². The Morgan fingerprint density at radius 2 is 2.67 bits per heavy atom. The molecule has 0 saturated carbocycles. The first kappa shape index (κ1) is 3.58. The Labute approximate surface area is 35.4 Å². The maximum absolute atomic E-state index is 5.21. The summed E-state index contributed by atoms with van der Waals surface area (Å²) in [6.07, 6.45) is 1.48. The predicted octanol–water partition coefficient (Wildman–Crippen LogP) is -1.64. The fourth-order valence-corrected chi connectivity index (χ4v) is 0.267. The number of nitrogens with two attached hydrogens (primary N) is 1. The van der Waals surface area contributed by atoms with Crippen LogP contribution in [0.2, 0.25) is 0 Å². The molecule has 0 aromatic heterocycles. The molecule has 1 aliphatic rings. The summed E-state index contributed by atoms with van der Waals surface area (Å²) in [5, 5.41) is 3.55. The number of hydrogen-bond acceptors (Lipinski definition) is 4. The van der Waals surface area contributed by atoms with Crippen LogP contribution in [0.25, 0.3) is 0 Å². The zero-order valence-corrected chi connectivity index (χ0v) is 3.18. The minimum absolute atomic E-state index is 0.106. The Hall–Kier alpha value is -0.610. The molecule has 1 unspecified atom stereocenters. The molecule has 4 N–H and O–H groups in total. The van der Waals surface area contributed by atoms with E-state index in [1.807, 2.05) is 0 Å². The summed E-state index contributed by atoms with van der Waals surface area (Å²) in [5.74, 6) is 0. The highest BCUT2D eigenvalue weighted by Gasteiger charge is 1.97. The zero-order valence-electron chi connectivity index (χ0n) is 3.18.